The summed E-state index contributed by atoms with van der Waals surface area (Å²) in [5.41, 5.74) is -0.706. The van der Waals surface area contributed by atoms with Crippen LogP contribution in [0.25, 0.3) is 0 Å². The van der Waals surface area contributed by atoms with Crippen LogP contribution in [0.1, 0.15) is 27.2 Å². The number of carbonyl (C=O) groups excluding carboxylic acids is 2. The van der Waals surface area contributed by atoms with E-state index in [4.69, 9.17) is 21.1 Å². The van der Waals surface area contributed by atoms with Gasteiger partial charge in [0.25, 0.3) is 0 Å². The number of aromatic nitrogens is 2. The minimum absolute atomic E-state index is 0.0351. The van der Waals surface area contributed by atoms with Crippen molar-refractivity contribution in [3.63, 3.8) is 0 Å². The maximum Gasteiger partial charge on any atom is 0.408 e. The monoisotopic (exact) mass is 400 g/mol. The Morgan fingerprint density at radius 3 is 2.67 bits per heavy atom. The van der Waals surface area contributed by atoms with E-state index in [1.54, 1.807) is 20.8 Å². The van der Waals surface area contributed by atoms with Gasteiger partial charge in [-0.05, 0) is 20.8 Å². The molecule has 1 aromatic heterocycles. The third-order valence-corrected chi connectivity index (χ3v) is 3.75. The fourth-order valence-corrected chi connectivity index (χ4v) is 2.65. The summed E-state index contributed by atoms with van der Waals surface area (Å²) in [7, 11) is 0. The lowest BCUT2D eigenvalue weighted by molar-refractivity contribution is -0.147. The Hall–Kier alpha value is -2.62. The Balaban J connectivity index is 1.96. The summed E-state index contributed by atoms with van der Waals surface area (Å²) in [5, 5.41) is 11.9. The van der Waals surface area contributed by atoms with Crippen LogP contribution in [0.4, 0.5) is 4.79 Å². The van der Waals surface area contributed by atoms with E-state index < -0.39 is 35.7 Å². The number of hydrogen-bond acceptors (Lipinski definition) is 7. The first kappa shape index (κ1) is 20.7. The summed E-state index contributed by atoms with van der Waals surface area (Å²) in [4.78, 5) is 44.3. The number of hydrogen-bond donors (Lipinski definition) is 2. The van der Waals surface area contributed by atoms with Crippen LogP contribution < -0.4 is 10.1 Å². The zero-order valence-electron chi connectivity index (χ0n) is 15.1. The number of aliphatic carboxylic acids is 1. The van der Waals surface area contributed by atoms with E-state index in [-0.39, 0.29) is 30.5 Å². The zero-order valence-corrected chi connectivity index (χ0v) is 15.9. The molecule has 2 rings (SSSR count). The lowest BCUT2D eigenvalue weighted by atomic mass is 10.2. The molecule has 0 bridgehead atoms. The molecule has 2 heterocycles. The summed E-state index contributed by atoms with van der Waals surface area (Å²) < 4.78 is 10.7. The number of carboxylic acids is 1. The van der Waals surface area contributed by atoms with Crippen molar-refractivity contribution in [2.45, 2.75) is 44.9 Å². The Bertz CT molecular complexity index is 723. The fraction of sp³-hybridized carbons (Fsp3) is 0.562. The van der Waals surface area contributed by atoms with Crippen LogP contribution in [0, 0.1) is 0 Å². The number of halogens is 1. The van der Waals surface area contributed by atoms with Gasteiger partial charge in [0, 0.05) is 12.5 Å². The second kappa shape index (κ2) is 8.38. The van der Waals surface area contributed by atoms with Crippen LogP contribution in [-0.4, -0.2) is 68.8 Å². The number of carboxylic acid groups (broad SMARTS) is 1. The van der Waals surface area contributed by atoms with Crippen molar-refractivity contribution >= 4 is 29.6 Å². The van der Waals surface area contributed by atoms with Crippen molar-refractivity contribution in [1.82, 2.24) is 20.2 Å². The van der Waals surface area contributed by atoms with Gasteiger partial charge in [0.1, 0.15) is 35.8 Å². The predicted molar refractivity (Wildman–Crippen MR) is 93.4 cm³/mol. The Labute approximate surface area is 160 Å². The highest BCUT2D eigenvalue weighted by Gasteiger charge is 2.41. The molecule has 0 unspecified atom stereocenters. The standard InChI is InChI=1S/C16H21ClN4O6/c1-16(2,3)27-15(25)18-6-13(22)21-7-9(4-10(21)14(23)24)26-12-5-11(17)19-8-20-12/h5,8-10H,4,6-7H2,1-3H3,(H,18,25)(H,23,24)/t9-,10+/m1/s1. The molecule has 0 spiro atoms. The van der Waals surface area contributed by atoms with Crippen molar-refractivity contribution in [1.29, 1.82) is 0 Å². The third-order valence-electron chi connectivity index (χ3n) is 3.55. The van der Waals surface area contributed by atoms with Gasteiger partial charge in [-0.3, -0.25) is 4.79 Å². The number of nitrogens with one attached hydrogen (secondary N) is 1. The Kier molecular flexibility index (Phi) is 6.42. The Morgan fingerprint density at radius 2 is 2.07 bits per heavy atom. The highest BCUT2D eigenvalue weighted by molar-refractivity contribution is 6.29. The van der Waals surface area contributed by atoms with Gasteiger partial charge >= 0.3 is 12.1 Å². The van der Waals surface area contributed by atoms with Crippen molar-refractivity contribution in [3.8, 4) is 5.88 Å². The molecule has 2 atom stereocenters. The summed E-state index contributed by atoms with van der Waals surface area (Å²) in [6, 6.07) is 0.325. The van der Waals surface area contributed by atoms with Crippen LogP contribution in [0.15, 0.2) is 12.4 Å². The maximum absolute atomic E-state index is 12.4. The molecule has 1 saturated heterocycles. The smallest absolute Gasteiger partial charge is 0.408 e. The number of amides is 2. The topological polar surface area (TPSA) is 131 Å². The predicted octanol–water partition coefficient (Wildman–Crippen LogP) is 1.09. The maximum atomic E-state index is 12.4. The van der Waals surface area contributed by atoms with Gasteiger partial charge in [0.05, 0.1) is 6.54 Å². The molecule has 1 fully saturated rings. The minimum Gasteiger partial charge on any atom is -0.480 e. The molecule has 10 nitrogen and oxygen atoms in total. The second-order valence-electron chi connectivity index (χ2n) is 6.91. The van der Waals surface area contributed by atoms with E-state index in [9.17, 15) is 19.5 Å². The van der Waals surface area contributed by atoms with E-state index >= 15 is 0 Å². The molecule has 11 heteroatoms. The van der Waals surface area contributed by atoms with Crippen LogP contribution in [0.3, 0.4) is 0 Å². The van der Waals surface area contributed by atoms with Crippen molar-refractivity contribution in [2.24, 2.45) is 0 Å². The molecule has 2 amide bonds. The van der Waals surface area contributed by atoms with Gasteiger partial charge in [0.15, 0.2) is 0 Å². The largest absolute Gasteiger partial charge is 0.480 e. The van der Waals surface area contributed by atoms with Crippen molar-refractivity contribution in [3.05, 3.63) is 17.5 Å². The summed E-state index contributed by atoms with van der Waals surface area (Å²) in [5.74, 6) is -1.53. The number of ether oxygens (including phenoxy) is 2. The zero-order chi connectivity index (χ0) is 20.2. The normalized spacial score (nSPS) is 19.5. The SMILES string of the molecule is CC(C)(C)OC(=O)NCC(=O)N1C[C@H](Oc2cc(Cl)ncn2)C[C@H]1C(=O)O. The van der Waals surface area contributed by atoms with Gasteiger partial charge in [-0.1, -0.05) is 11.6 Å². The quantitative estimate of drug-likeness (QED) is 0.702. The van der Waals surface area contributed by atoms with E-state index in [1.165, 1.54) is 12.4 Å². The lowest BCUT2D eigenvalue weighted by Crippen LogP contribution is -2.46. The summed E-state index contributed by atoms with van der Waals surface area (Å²) >= 11 is 5.76. The average Bonchev–Trinajstić information content (AvgIpc) is 2.95. The molecule has 0 saturated carbocycles. The summed E-state index contributed by atoms with van der Waals surface area (Å²) in [6.45, 7) is 4.72. The number of carbonyl (C=O) groups is 3. The second-order valence-corrected chi connectivity index (χ2v) is 7.30. The van der Waals surface area contributed by atoms with Crippen LogP contribution in [0.2, 0.25) is 5.15 Å². The van der Waals surface area contributed by atoms with Gasteiger partial charge < -0.3 is 24.8 Å². The highest BCUT2D eigenvalue weighted by Crippen LogP contribution is 2.23. The average molecular weight is 401 g/mol. The van der Waals surface area contributed by atoms with E-state index in [1.807, 2.05) is 0 Å². The number of alkyl carbamates (subject to hydrolysis) is 1. The lowest BCUT2D eigenvalue weighted by Gasteiger charge is -2.23. The van der Waals surface area contributed by atoms with Crippen LogP contribution >= 0.6 is 11.6 Å². The molecule has 27 heavy (non-hydrogen) atoms. The third kappa shape index (κ3) is 6.24. The number of nitrogens with zero attached hydrogens (tertiary/aromatic N) is 3. The molecule has 0 radical (unpaired) electrons. The molecule has 1 aliphatic rings. The Morgan fingerprint density at radius 1 is 1.37 bits per heavy atom. The van der Waals surface area contributed by atoms with Gasteiger partial charge in [0.2, 0.25) is 11.8 Å². The molecule has 1 aliphatic heterocycles. The summed E-state index contributed by atoms with van der Waals surface area (Å²) in [6.07, 6.45) is -0.0442. The van der Waals surface area contributed by atoms with Crippen molar-refractivity contribution < 1.29 is 29.0 Å². The minimum atomic E-state index is -1.16. The molecule has 148 valence electrons. The van der Waals surface area contributed by atoms with E-state index in [2.05, 4.69) is 15.3 Å². The molecular formula is C16H21ClN4O6. The van der Waals surface area contributed by atoms with Gasteiger partial charge in [-0.15, -0.1) is 0 Å². The first-order valence-electron chi connectivity index (χ1n) is 8.18. The fourth-order valence-electron chi connectivity index (χ4n) is 2.51. The van der Waals surface area contributed by atoms with Gasteiger partial charge in [-0.25, -0.2) is 19.6 Å². The molecule has 0 aliphatic carbocycles. The highest BCUT2D eigenvalue weighted by atomic mass is 35.5. The molecule has 1 aromatic rings. The number of rotatable bonds is 5. The first-order chi connectivity index (χ1) is 12.5. The number of likely N-dealkylation sites (tertiary alicyclic amines) is 1. The molecular weight excluding hydrogens is 380 g/mol. The van der Waals surface area contributed by atoms with Crippen LogP contribution in [-0.2, 0) is 14.3 Å². The van der Waals surface area contributed by atoms with Gasteiger partial charge in [-0.2, -0.15) is 0 Å². The van der Waals surface area contributed by atoms with E-state index in [0.717, 1.165) is 4.90 Å². The van der Waals surface area contributed by atoms with Crippen molar-refractivity contribution in [2.75, 3.05) is 13.1 Å². The van der Waals surface area contributed by atoms with Crippen LogP contribution in [0.5, 0.6) is 5.88 Å². The molecule has 2 N–H and O–H groups in total. The van der Waals surface area contributed by atoms with E-state index in [0.29, 0.717) is 0 Å². The first-order valence-corrected chi connectivity index (χ1v) is 8.56. The molecule has 0 aromatic carbocycles.